The lowest BCUT2D eigenvalue weighted by Crippen LogP contribution is -2.27. The standard InChI is InChI=1S/C14H14FN3O2S/c15-10-5-3-9(4-6-10)8-12-16-14(18-21-12)17-13(19)11-2-1-7-20-11/h3-6,11H,1-2,7-8H2,(H,17,18,19)/t11-/m1/s1. The Morgan fingerprint density at radius 3 is 2.95 bits per heavy atom. The van der Waals surface area contributed by atoms with Gasteiger partial charge in [0.1, 0.15) is 16.9 Å². The maximum Gasteiger partial charge on any atom is 0.255 e. The molecule has 1 aromatic carbocycles. The highest BCUT2D eigenvalue weighted by Crippen LogP contribution is 2.17. The summed E-state index contributed by atoms with van der Waals surface area (Å²) in [4.78, 5) is 16.1. The van der Waals surface area contributed by atoms with Crippen LogP contribution < -0.4 is 5.32 Å². The highest BCUT2D eigenvalue weighted by atomic mass is 32.1. The van der Waals surface area contributed by atoms with E-state index in [0.717, 1.165) is 23.4 Å². The molecule has 1 aliphatic heterocycles. The summed E-state index contributed by atoms with van der Waals surface area (Å²) < 4.78 is 22.2. The predicted molar refractivity (Wildman–Crippen MR) is 76.7 cm³/mol. The number of carbonyl (C=O) groups is 1. The molecule has 1 aromatic heterocycles. The van der Waals surface area contributed by atoms with Crippen LogP contribution >= 0.6 is 11.5 Å². The summed E-state index contributed by atoms with van der Waals surface area (Å²) >= 11 is 1.22. The lowest BCUT2D eigenvalue weighted by molar-refractivity contribution is -0.124. The van der Waals surface area contributed by atoms with E-state index in [9.17, 15) is 9.18 Å². The first-order chi connectivity index (χ1) is 10.2. The zero-order chi connectivity index (χ0) is 14.7. The Kier molecular flexibility index (Phi) is 4.21. The van der Waals surface area contributed by atoms with Crippen molar-refractivity contribution in [3.63, 3.8) is 0 Å². The third kappa shape index (κ3) is 3.62. The number of aromatic nitrogens is 2. The number of hydrogen-bond donors (Lipinski definition) is 1. The summed E-state index contributed by atoms with van der Waals surface area (Å²) in [6.45, 7) is 0.623. The largest absolute Gasteiger partial charge is 0.368 e. The van der Waals surface area contributed by atoms with Crippen LogP contribution in [-0.2, 0) is 16.0 Å². The monoisotopic (exact) mass is 307 g/mol. The molecule has 0 aliphatic carbocycles. The zero-order valence-electron chi connectivity index (χ0n) is 11.2. The van der Waals surface area contributed by atoms with Crippen molar-refractivity contribution in [1.29, 1.82) is 0 Å². The van der Waals surface area contributed by atoms with E-state index in [0.29, 0.717) is 19.0 Å². The molecular weight excluding hydrogens is 293 g/mol. The Balaban J connectivity index is 1.60. The van der Waals surface area contributed by atoms with Crippen LogP contribution in [0.15, 0.2) is 24.3 Å². The number of benzene rings is 1. The molecule has 7 heteroatoms. The summed E-state index contributed by atoms with van der Waals surface area (Å²) in [7, 11) is 0. The van der Waals surface area contributed by atoms with Crippen LogP contribution in [-0.4, -0.2) is 28.0 Å². The fraction of sp³-hybridized carbons (Fsp3) is 0.357. The summed E-state index contributed by atoms with van der Waals surface area (Å²) in [6, 6.07) is 6.25. The first kappa shape index (κ1) is 14.1. The van der Waals surface area contributed by atoms with Gasteiger partial charge in [-0.05, 0) is 42.1 Å². The first-order valence-corrected chi connectivity index (χ1v) is 7.47. The molecule has 1 amide bonds. The third-order valence-electron chi connectivity index (χ3n) is 3.19. The van der Waals surface area contributed by atoms with E-state index in [1.807, 2.05) is 0 Å². The number of anilines is 1. The van der Waals surface area contributed by atoms with E-state index in [4.69, 9.17) is 4.74 Å². The van der Waals surface area contributed by atoms with Gasteiger partial charge in [0.15, 0.2) is 0 Å². The maximum absolute atomic E-state index is 12.8. The normalized spacial score (nSPS) is 17.9. The van der Waals surface area contributed by atoms with Crippen LogP contribution in [0.25, 0.3) is 0 Å². The van der Waals surface area contributed by atoms with Gasteiger partial charge in [0.05, 0.1) is 0 Å². The zero-order valence-corrected chi connectivity index (χ0v) is 12.0. The molecule has 0 unspecified atom stereocenters. The minimum atomic E-state index is -0.394. The second kappa shape index (κ2) is 6.28. The molecule has 2 heterocycles. The molecule has 1 atom stereocenters. The predicted octanol–water partition coefficient (Wildman–Crippen LogP) is 2.39. The molecule has 0 radical (unpaired) electrons. The minimum absolute atomic E-state index is 0.196. The van der Waals surface area contributed by atoms with Crippen LogP contribution in [0, 0.1) is 5.82 Å². The van der Waals surface area contributed by atoms with E-state index in [1.54, 1.807) is 12.1 Å². The van der Waals surface area contributed by atoms with Gasteiger partial charge in [0.25, 0.3) is 5.91 Å². The average molecular weight is 307 g/mol. The van der Waals surface area contributed by atoms with E-state index >= 15 is 0 Å². The van der Waals surface area contributed by atoms with E-state index < -0.39 is 6.10 Å². The topological polar surface area (TPSA) is 64.1 Å². The number of halogens is 1. The molecule has 110 valence electrons. The Morgan fingerprint density at radius 1 is 1.43 bits per heavy atom. The molecule has 0 bridgehead atoms. The van der Waals surface area contributed by atoms with Gasteiger partial charge >= 0.3 is 0 Å². The van der Waals surface area contributed by atoms with Crippen molar-refractivity contribution in [2.45, 2.75) is 25.4 Å². The average Bonchev–Trinajstić information content (AvgIpc) is 3.13. The van der Waals surface area contributed by atoms with Gasteiger partial charge < -0.3 is 4.74 Å². The first-order valence-electron chi connectivity index (χ1n) is 6.70. The molecule has 21 heavy (non-hydrogen) atoms. The van der Waals surface area contributed by atoms with E-state index in [2.05, 4.69) is 14.7 Å². The molecular formula is C14H14FN3O2S. The highest BCUT2D eigenvalue weighted by molar-refractivity contribution is 7.05. The molecule has 3 rings (SSSR count). The smallest absolute Gasteiger partial charge is 0.255 e. The summed E-state index contributed by atoms with van der Waals surface area (Å²) in [5.41, 5.74) is 0.949. The van der Waals surface area contributed by atoms with Crippen molar-refractivity contribution in [2.75, 3.05) is 11.9 Å². The number of hydrogen-bond acceptors (Lipinski definition) is 5. The van der Waals surface area contributed by atoms with E-state index in [1.165, 1.54) is 23.7 Å². The van der Waals surface area contributed by atoms with Crippen LogP contribution in [0.2, 0.25) is 0 Å². The summed E-state index contributed by atoms with van der Waals surface area (Å²) in [5.74, 6) is -0.156. The van der Waals surface area contributed by atoms with Gasteiger partial charge in [-0.1, -0.05) is 12.1 Å². The Morgan fingerprint density at radius 2 is 2.24 bits per heavy atom. The Bertz CT molecular complexity index is 623. The number of carbonyl (C=O) groups excluding carboxylic acids is 1. The number of ether oxygens (including phenoxy) is 1. The SMILES string of the molecule is O=C(Nc1nsc(Cc2ccc(F)cc2)n1)[C@H]1CCCO1. The highest BCUT2D eigenvalue weighted by Gasteiger charge is 2.24. The van der Waals surface area contributed by atoms with Gasteiger partial charge in [-0.15, -0.1) is 0 Å². The Hall–Kier alpha value is -1.86. The molecule has 1 N–H and O–H groups in total. The van der Waals surface area contributed by atoms with Gasteiger partial charge in [0, 0.05) is 13.0 Å². The maximum atomic E-state index is 12.8. The van der Waals surface area contributed by atoms with Crippen LogP contribution in [0.3, 0.4) is 0 Å². The number of rotatable bonds is 4. The Labute approximate surface area is 125 Å². The van der Waals surface area contributed by atoms with Crippen molar-refractivity contribution >= 4 is 23.4 Å². The second-order valence-electron chi connectivity index (χ2n) is 4.81. The fourth-order valence-electron chi connectivity index (χ4n) is 2.13. The number of nitrogens with zero attached hydrogens (tertiary/aromatic N) is 2. The quantitative estimate of drug-likeness (QED) is 0.942. The number of amides is 1. The molecule has 0 spiro atoms. The van der Waals surface area contributed by atoms with Crippen molar-refractivity contribution < 1.29 is 13.9 Å². The molecule has 2 aromatic rings. The van der Waals surface area contributed by atoms with Gasteiger partial charge in [0.2, 0.25) is 5.95 Å². The second-order valence-corrected chi connectivity index (χ2v) is 5.64. The van der Waals surface area contributed by atoms with Crippen molar-refractivity contribution in [3.8, 4) is 0 Å². The van der Waals surface area contributed by atoms with Gasteiger partial charge in [-0.25, -0.2) is 9.37 Å². The van der Waals surface area contributed by atoms with Gasteiger partial charge in [-0.3, -0.25) is 10.1 Å². The van der Waals surface area contributed by atoms with Crippen molar-refractivity contribution in [1.82, 2.24) is 9.36 Å². The van der Waals surface area contributed by atoms with Crippen molar-refractivity contribution in [2.24, 2.45) is 0 Å². The summed E-state index contributed by atoms with van der Waals surface area (Å²) in [6.07, 6.45) is 1.80. The van der Waals surface area contributed by atoms with Crippen LogP contribution in [0.5, 0.6) is 0 Å². The van der Waals surface area contributed by atoms with Crippen molar-refractivity contribution in [3.05, 3.63) is 40.7 Å². The molecule has 1 saturated heterocycles. The molecule has 1 aliphatic rings. The number of nitrogens with one attached hydrogen (secondary N) is 1. The lowest BCUT2D eigenvalue weighted by atomic mass is 10.2. The van der Waals surface area contributed by atoms with Crippen LogP contribution in [0.4, 0.5) is 10.3 Å². The van der Waals surface area contributed by atoms with E-state index in [-0.39, 0.29) is 11.7 Å². The minimum Gasteiger partial charge on any atom is -0.368 e. The molecule has 0 saturated carbocycles. The van der Waals surface area contributed by atoms with Gasteiger partial charge in [-0.2, -0.15) is 4.37 Å². The third-order valence-corrected chi connectivity index (χ3v) is 3.90. The molecule has 5 nitrogen and oxygen atoms in total. The lowest BCUT2D eigenvalue weighted by Gasteiger charge is -2.06. The van der Waals surface area contributed by atoms with Crippen LogP contribution in [0.1, 0.15) is 23.4 Å². The summed E-state index contributed by atoms with van der Waals surface area (Å²) in [5, 5.41) is 3.43. The molecule has 1 fully saturated rings. The fourth-order valence-corrected chi connectivity index (χ4v) is 2.77.